The maximum absolute atomic E-state index is 12.9. The van der Waals surface area contributed by atoms with E-state index in [0.717, 1.165) is 29.5 Å². The summed E-state index contributed by atoms with van der Waals surface area (Å²) in [4.78, 5) is 33.8. The molecule has 0 radical (unpaired) electrons. The lowest BCUT2D eigenvalue weighted by atomic mass is 10.0. The first-order valence-corrected chi connectivity index (χ1v) is 11.8. The molecule has 0 atom stereocenters. The van der Waals surface area contributed by atoms with E-state index in [9.17, 15) is 25.0 Å². The normalized spacial score (nSPS) is 10.9. The van der Waals surface area contributed by atoms with Gasteiger partial charge in [0.1, 0.15) is 15.6 Å². The Kier molecular flexibility index (Phi) is 8.38. The van der Waals surface area contributed by atoms with Crippen molar-refractivity contribution in [1.29, 1.82) is 0 Å². The summed E-state index contributed by atoms with van der Waals surface area (Å²) >= 11 is 4.49. The van der Waals surface area contributed by atoms with E-state index in [1.54, 1.807) is 31.2 Å². The molecule has 0 aliphatic carbocycles. The Balaban J connectivity index is 2.18. The number of benzene rings is 2. The second-order valence-electron chi connectivity index (χ2n) is 6.58. The van der Waals surface area contributed by atoms with Crippen LogP contribution in [0.1, 0.15) is 17.3 Å². The molecule has 3 rings (SSSR count). The molecule has 1 heterocycles. The zero-order chi connectivity index (χ0) is 24.7. The van der Waals surface area contributed by atoms with E-state index < -0.39 is 27.2 Å². The number of nitro groups is 2. The average Bonchev–Trinajstić information content (AvgIpc) is 3.20. The number of non-ortho nitro benzene ring substituents is 1. The Morgan fingerprint density at radius 1 is 1.12 bits per heavy atom. The van der Waals surface area contributed by atoms with Crippen molar-refractivity contribution in [3.63, 3.8) is 0 Å². The Labute approximate surface area is 205 Å². The first-order valence-electron chi connectivity index (χ1n) is 9.91. The predicted octanol–water partition coefficient (Wildman–Crippen LogP) is 6.63. The Bertz CT molecular complexity index is 1250. The Morgan fingerprint density at radius 3 is 2.47 bits per heavy atom. The molecule has 0 aliphatic heterocycles. The zero-order valence-corrected chi connectivity index (χ0v) is 20.2. The summed E-state index contributed by atoms with van der Waals surface area (Å²) in [6.07, 6.45) is 0. The van der Waals surface area contributed by atoms with Crippen LogP contribution in [0, 0.1) is 20.2 Å². The summed E-state index contributed by atoms with van der Waals surface area (Å²) in [6, 6.07) is 12.1. The molecule has 0 spiro atoms. The summed E-state index contributed by atoms with van der Waals surface area (Å²) in [5, 5.41) is 35.3. The van der Waals surface area contributed by atoms with Crippen molar-refractivity contribution in [3.8, 4) is 11.1 Å². The van der Waals surface area contributed by atoms with Gasteiger partial charge in [0.2, 0.25) is 0 Å². The van der Waals surface area contributed by atoms with Gasteiger partial charge in [0, 0.05) is 23.5 Å². The second-order valence-corrected chi connectivity index (χ2v) is 8.37. The highest BCUT2D eigenvalue weighted by Crippen LogP contribution is 2.47. The summed E-state index contributed by atoms with van der Waals surface area (Å²) < 4.78 is 5.26. The summed E-state index contributed by atoms with van der Waals surface area (Å²) in [6.45, 7) is 2.39. The molecule has 3 aromatic rings. The van der Waals surface area contributed by atoms with Crippen molar-refractivity contribution in [2.45, 2.75) is 6.92 Å². The summed E-state index contributed by atoms with van der Waals surface area (Å²) in [5.74, 6) is -0.544. The van der Waals surface area contributed by atoms with Crippen LogP contribution >= 0.6 is 27.3 Å². The third-order valence-corrected chi connectivity index (χ3v) is 5.86. The minimum atomic E-state index is -0.763. The highest BCUT2D eigenvalue weighted by molar-refractivity contribution is 9.09. The van der Waals surface area contributed by atoms with E-state index in [4.69, 9.17) is 4.74 Å². The number of nitrogens with one attached hydrogen (secondary N) is 1. The molecule has 2 aromatic carbocycles. The molecule has 34 heavy (non-hydrogen) atoms. The van der Waals surface area contributed by atoms with E-state index >= 15 is 0 Å². The highest BCUT2D eigenvalue weighted by Gasteiger charge is 2.27. The molecule has 0 unspecified atom stereocenters. The fourth-order valence-electron chi connectivity index (χ4n) is 3.00. The first kappa shape index (κ1) is 24.9. The largest absolute Gasteiger partial charge is 0.462 e. The second kappa shape index (κ2) is 11.4. The molecule has 0 saturated heterocycles. The van der Waals surface area contributed by atoms with Crippen LogP contribution in [0.4, 0.5) is 27.1 Å². The minimum absolute atomic E-state index is 0.157. The van der Waals surface area contributed by atoms with Gasteiger partial charge in [-0.3, -0.25) is 20.2 Å². The maximum Gasteiger partial charge on any atom is 0.341 e. The van der Waals surface area contributed by atoms with Gasteiger partial charge in [0.25, 0.3) is 5.69 Å². The molecule has 0 fully saturated rings. The van der Waals surface area contributed by atoms with Crippen LogP contribution in [0.5, 0.6) is 0 Å². The molecule has 11 nitrogen and oxygen atoms in total. The van der Waals surface area contributed by atoms with Gasteiger partial charge < -0.3 is 10.1 Å². The number of thiophene rings is 1. The maximum atomic E-state index is 12.9. The SMILES string of the molecule is CCOC(=O)c1c(NCCBr)sc(N=Nc2ccc([N+](=O)[O-])cc2[N+](=O)[O-])c1-c1ccccc1. The van der Waals surface area contributed by atoms with Gasteiger partial charge in [-0.15, -0.1) is 10.2 Å². The van der Waals surface area contributed by atoms with Gasteiger partial charge in [0.15, 0.2) is 5.69 Å². The third-order valence-electron chi connectivity index (χ3n) is 4.43. The van der Waals surface area contributed by atoms with Gasteiger partial charge in [-0.1, -0.05) is 57.6 Å². The van der Waals surface area contributed by atoms with Crippen molar-refractivity contribution in [3.05, 3.63) is 74.3 Å². The van der Waals surface area contributed by atoms with Crippen LogP contribution in [0.3, 0.4) is 0 Å². The first-order chi connectivity index (χ1) is 16.4. The quantitative estimate of drug-likeness (QED) is 0.0982. The number of azo groups is 1. The van der Waals surface area contributed by atoms with Crippen molar-refractivity contribution in [2.24, 2.45) is 10.2 Å². The molecule has 0 amide bonds. The van der Waals surface area contributed by atoms with Gasteiger partial charge in [-0.25, -0.2) is 4.79 Å². The lowest BCUT2D eigenvalue weighted by Crippen LogP contribution is -2.10. The molecular formula is C21H18BrN5O6S. The lowest BCUT2D eigenvalue weighted by Gasteiger charge is -2.08. The topological polar surface area (TPSA) is 149 Å². The Morgan fingerprint density at radius 2 is 1.85 bits per heavy atom. The third kappa shape index (κ3) is 5.61. The minimum Gasteiger partial charge on any atom is -0.462 e. The van der Waals surface area contributed by atoms with Crippen LogP contribution in [-0.2, 0) is 4.74 Å². The van der Waals surface area contributed by atoms with Crippen LogP contribution in [-0.4, -0.2) is 34.3 Å². The van der Waals surface area contributed by atoms with E-state index in [0.29, 0.717) is 33.0 Å². The van der Waals surface area contributed by atoms with Crippen molar-refractivity contribution < 1.29 is 19.4 Å². The lowest BCUT2D eigenvalue weighted by molar-refractivity contribution is -0.393. The number of esters is 1. The number of nitrogens with zero attached hydrogens (tertiary/aromatic N) is 4. The number of carbonyl (C=O) groups excluding carboxylic acids is 1. The average molecular weight is 548 g/mol. The Hall–Kier alpha value is -3.71. The molecule has 176 valence electrons. The number of nitro benzene ring substituents is 2. The smallest absolute Gasteiger partial charge is 0.341 e. The molecule has 13 heteroatoms. The molecule has 0 bridgehead atoms. The number of ether oxygens (including phenoxy) is 1. The van der Waals surface area contributed by atoms with Crippen LogP contribution in [0.25, 0.3) is 11.1 Å². The molecule has 0 saturated carbocycles. The standard InChI is InChI=1S/C21H18BrN5O6S/c1-2-33-21(28)18-17(13-6-4-3-5-7-13)20(34-19(18)23-11-10-22)25-24-15-9-8-14(26(29)30)12-16(15)27(31)32/h3-9,12,23H,2,10-11H2,1H3. The molecule has 0 aliphatic rings. The van der Waals surface area contributed by atoms with E-state index in [1.165, 1.54) is 0 Å². The van der Waals surface area contributed by atoms with Crippen molar-refractivity contribution in [1.82, 2.24) is 0 Å². The van der Waals surface area contributed by atoms with Gasteiger partial charge in [-0.2, -0.15) is 0 Å². The van der Waals surface area contributed by atoms with Crippen LogP contribution < -0.4 is 5.32 Å². The summed E-state index contributed by atoms with van der Waals surface area (Å²) in [7, 11) is 0. The number of anilines is 1. The highest BCUT2D eigenvalue weighted by atomic mass is 79.9. The number of alkyl halides is 1. The number of halogens is 1. The van der Waals surface area contributed by atoms with Crippen molar-refractivity contribution >= 4 is 60.3 Å². The number of rotatable bonds is 10. The van der Waals surface area contributed by atoms with Crippen LogP contribution in [0.2, 0.25) is 0 Å². The van der Waals surface area contributed by atoms with E-state index in [-0.39, 0.29) is 17.9 Å². The summed E-state index contributed by atoms with van der Waals surface area (Å²) in [5.41, 5.74) is 0.286. The van der Waals surface area contributed by atoms with E-state index in [1.807, 2.05) is 6.07 Å². The molecular weight excluding hydrogens is 530 g/mol. The van der Waals surface area contributed by atoms with Gasteiger partial charge in [-0.05, 0) is 18.6 Å². The fourth-order valence-corrected chi connectivity index (χ4v) is 4.26. The monoisotopic (exact) mass is 547 g/mol. The van der Waals surface area contributed by atoms with Crippen molar-refractivity contribution in [2.75, 3.05) is 23.8 Å². The fraction of sp³-hybridized carbons (Fsp3) is 0.190. The predicted molar refractivity (Wildman–Crippen MR) is 132 cm³/mol. The molecule has 1 N–H and O–H groups in total. The van der Waals surface area contributed by atoms with Gasteiger partial charge in [0.05, 0.1) is 22.5 Å². The number of carbonyl (C=O) groups is 1. The van der Waals surface area contributed by atoms with E-state index in [2.05, 4.69) is 31.5 Å². The number of hydrogen-bond acceptors (Lipinski definition) is 10. The van der Waals surface area contributed by atoms with Gasteiger partial charge >= 0.3 is 11.7 Å². The van der Waals surface area contributed by atoms with Crippen LogP contribution in [0.15, 0.2) is 58.8 Å². The zero-order valence-electron chi connectivity index (χ0n) is 17.8. The number of hydrogen-bond donors (Lipinski definition) is 1. The molecule has 1 aromatic heterocycles.